The van der Waals surface area contributed by atoms with Crippen molar-refractivity contribution in [2.24, 2.45) is 0 Å². The molecule has 0 aromatic carbocycles. The number of hydrogen-bond donors (Lipinski definition) is 0. The van der Waals surface area contributed by atoms with E-state index in [-0.39, 0.29) is 0 Å². The molecule has 0 spiro atoms. The van der Waals surface area contributed by atoms with Gasteiger partial charge in [0.1, 0.15) is 11.3 Å². The zero-order chi connectivity index (χ0) is 14.7. The summed E-state index contributed by atoms with van der Waals surface area (Å²) in [5, 5.41) is 3.11. The van der Waals surface area contributed by atoms with Gasteiger partial charge in [0.2, 0.25) is 0 Å². The van der Waals surface area contributed by atoms with Gasteiger partial charge in [0, 0.05) is 35.9 Å². The Kier molecular flexibility index (Phi) is 4.13. The predicted octanol–water partition coefficient (Wildman–Crippen LogP) is 3.99. The number of pyridine rings is 1. The lowest BCUT2D eigenvalue weighted by molar-refractivity contribution is 0.250. The van der Waals surface area contributed by atoms with Gasteiger partial charge in [-0.25, -0.2) is 4.98 Å². The van der Waals surface area contributed by atoms with Gasteiger partial charge < -0.3 is 4.42 Å². The minimum atomic E-state index is 0.326. The van der Waals surface area contributed by atoms with Crippen LogP contribution in [0.3, 0.4) is 0 Å². The van der Waals surface area contributed by atoms with E-state index in [1.807, 2.05) is 18.5 Å². The van der Waals surface area contributed by atoms with Gasteiger partial charge in [-0.05, 0) is 37.7 Å². The molecule has 3 rings (SSSR count). The van der Waals surface area contributed by atoms with Crippen LogP contribution in [-0.2, 0) is 6.54 Å². The minimum Gasteiger partial charge on any atom is -0.472 e. The van der Waals surface area contributed by atoms with Gasteiger partial charge in [-0.3, -0.25) is 9.88 Å². The van der Waals surface area contributed by atoms with Crippen molar-refractivity contribution in [2.45, 2.75) is 19.5 Å². The third kappa shape index (κ3) is 3.20. The van der Waals surface area contributed by atoms with E-state index in [1.54, 1.807) is 23.9 Å². The Labute approximate surface area is 128 Å². The molecule has 1 unspecified atom stereocenters. The highest BCUT2D eigenvalue weighted by Crippen LogP contribution is 2.26. The van der Waals surface area contributed by atoms with Crippen LogP contribution in [0, 0.1) is 0 Å². The maximum absolute atomic E-state index is 5.11. The summed E-state index contributed by atoms with van der Waals surface area (Å²) in [7, 11) is 2.11. The standard InChI is InChI=1S/C16H17N3OS/c1-12(13-3-6-17-7-4-13)19(2)9-15-11-21-16(18-15)14-5-8-20-10-14/h3-8,10-12H,9H2,1-2H3. The molecular formula is C16H17N3OS. The number of rotatable bonds is 5. The second kappa shape index (κ2) is 6.20. The molecule has 3 heterocycles. The first kappa shape index (κ1) is 14.0. The van der Waals surface area contributed by atoms with Crippen LogP contribution < -0.4 is 0 Å². The molecule has 4 nitrogen and oxygen atoms in total. The highest BCUT2D eigenvalue weighted by Gasteiger charge is 2.14. The summed E-state index contributed by atoms with van der Waals surface area (Å²) in [5.74, 6) is 0. The van der Waals surface area contributed by atoms with E-state index in [0.29, 0.717) is 6.04 Å². The predicted molar refractivity (Wildman–Crippen MR) is 83.9 cm³/mol. The lowest BCUT2D eigenvalue weighted by Crippen LogP contribution is -2.22. The highest BCUT2D eigenvalue weighted by atomic mass is 32.1. The van der Waals surface area contributed by atoms with Gasteiger partial charge >= 0.3 is 0 Å². The molecule has 0 aliphatic rings. The summed E-state index contributed by atoms with van der Waals surface area (Å²) in [4.78, 5) is 11.0. The monoisotopic (exact) mass is 299 g/mol. The molecule has 3 aromatic rings. The van der Waals surface area contributed by atoms with Crippen LogP contribution in [0.2, 0.25) is 0 Å². The van der Waals surface area contributed by atoms with Crippen molar-refractivity contribution in [2.75, 3.05) is 7.05 Å². The largest absolute Gasteiger partial charge is 0.472 e. The zero-order valence-corrected chi connectivity index (χ0v) is 12.9. The van der Waals surface area contributed by atoms with Crippen LogP contribution in [0.1, 0.15) is 24.2 Å². The van der Waals surface area contributed by atoms with Crippen LogP contribution in [0.15, 0.2) is 52.9 Å². The SMILES string of the molecule is CC(c1ccncc1)N(C)Cc1csc(-c2ccoc2)n1. The van der Waals surface area contributed by atoms with E-state index in [0.717, 1.165) is 22.8 Å². The summed E-state index contributed by atoms with van der Waals surface area (Å²) >= 11 is 1.65. The van der Waals surface area contributed by atoms with Crippen molar-refractivity contribution in [3.63, 3.8) is 0 Å². The van der Waals surface area contributed by atoms with Crippen molar-refractivity contribution in [1.82, 2.24) is 14.9 Å². The Balaban J connectivity index is 1.69. The van der Waals surface area contributed by atoms with E-state index >= 15 is 0 Å². The summed E-state index contributed by atoms with van der Waals surface area (Å²) in [6, 6.07) is 6.37. The maximum Gasteiger partial charge on any atom is 0.126 e. The molecule has 0 bridgehead atoms. The van der Waals surface area contributed by atoms with E-state index in [2.05, 4.69) is 46.4 Å². The first-order valence-electron chi connectivity index (χ1n) is 6.81. The van der Waals surface area contributed by atoms with Crippen molar-refractivity contribution < 1.29 is 4.42 Å². The molecule has 3 aromatic heterocycles. The Hall–Kier alpha value is -1.98. The van der Waals surface area contributed by atoms with Crippen LogP contribution in [0.5, 0.6) is 0 Å². The van der Waals surface area contributed by atoms with Crippen molar-refractivity contribution in [3.05, 3.63) is 59.8 Å². The van der Waals surface area contributed by atoms with E-state index < -0.39 is 0 Å². The molecule has 0 saturated carbocycles. The molecule has 5 heteroatoms. The zero-order valence-electron chi connectivity index (χ0n) is 12.1. The van der Waals surface area contributed by atoms with Crippen LogP contribution in [-0.4, -0.2) is 21.9 Å². The molecule has 0 amide bonds. The number of hydrogen-bond acceptors (Lipinski definition) is 5. The third-order valence-corrected chi connectivity index (χ3v) is 4.52. The van der Waals surface area contributed by atoms with Crippen LogP contribution >= 0.6 is 11.3 Å². The van der Waals surface area contributed by atoms with Gasteiger partial charge in [-0.1, -0.05) is 0 Å². The van der Waals surface area contributed by atoms with E-state index in [1.165, 1.54) is 5.56 Å². The summed E-state index contributed by atoms with van der Waals surface area (Å²) in [5.41, 5.74) is 3.38. The maximum atomic E-state index is 5.11. The molecule has 0 fully saturated rings. The highest BCUT2D eigenvalue weighted by molar-refractivity contribution is 7.13. The second-order valence-corrected chi connectivity index (χ2v) is 5.89. The van der Waals surface area contributed by atoms with Gasteiger partial charge in [0.15, 0.2) is 0 Å². The quantitative estimate of drug-likeness (QED) is 0.714. The molecule has 0 N–H and O–H groups in total. The number of furan rings is 1. The number of nitrogens with zero attached hydrogens (tertiary/aromatic N) is 3. The van der Waals surface area contributed by atoms with Crippen molar-refractivity contribution in [1.29, 1.82) is 0 Å². The molecule has 0 aliphatic heterocycles. The lowest BCUT2D eigenvalue weighted by atomic mass is 10.1. The first-order valence-corrected chi connectivity index (χ1v) is 7.69. The first-order chi connectivity index (χ1) is 10.2. The average Bonchev–Trinajstić information content (AvgIpc) is 3.18. The fraction of sp³-hybridized carbons (Fsp3) is 0.250. The van der Waals surface area contributed by atoms with Gasteiger partial charge in [0.25, 0.3) is 0 Å². The van der Waals surface area contributed by atoms with E-state index in [9.17, 15) is 0 Å². The topological polar surface area (TPSA) is 42.2 Å². The Bertz CT molecular complexity index is 679. The normalized spacial score (nSPS) is 12.7. The molecule has 21 heavy (non-hydrogen) atoms. The van der Waals surface area contributed by atoms with Gasteiger partial charge in [0.05, 0.1) is 12.0 Å². The van der Waals surface area contributed by atoms with Gasteiger partial charge in [-0.2, -0.15) is 0 Å². The molecular weight excluding hydrogens is 282 g/mol. The molecule has 0 aliphatic carbocycles. The Morgan fingerprint density at radius 3 is 2.81 bits per heavy atom. The Morgan fingerprint density at radius 2 is 2.10 bits per heavy atom. The third-order valence-electron chi connectivity index (χ3n) is 3.58. The molecule has 1 atom stereocenters. The fourth-order valence-corrected chi connectivity index (χ4v) is 2.98. The van der Waals surface area contributed by atoms with Crippen molar-refractivity contribution >= 4 is 11.3 Å². The number of aromatic nitrogens is 2. The van der Waals surface area contributed by atoms with Crippen LogP contribution in [0.4, 0.5) is 0 Å². The Morgan fingerprint density at radius 1 is 1.29 bits per heavy atom. The minimum absolute atomic E-state index is 0.326. The van der Waals surface area contributed by atoms with Crippen LogP contribution in [0.25, 0.3) is 10.6 Å². The second-order valence-electron chi connectivity index (χ2n) is 5.03. The van der Waals surface area contributed by atoms with Gasteiger partial charge in [-0.15, -0.1) is 11.3 Å². The summed E-state index contributed by atoms with van der Waals surface area (Å²) in [6.45, 7) is 3.01. The smallest absolute Gasteiger partial charge is 0.126 e. The van der Waals surface area contributed by atoms with E-state index in [4.69, 9.17) is 4.42 Å². The summed E-state index contributed by atoms with van der Waals surface area (Å²) < 4.78 is 5.11. The lowest BCUT2D eigenvalue weighted by Gasteiger charge is -2.24. The fourth-order valence-electron chi connectivity index (χ4n) is 2.19. The molecule has 108 valence electrons. The number of thiazole rings is 1. The average molecular weight is 299 g/mol. The molecule has 0 radical (unpaired) electrons. The summed E-state index contributed by atoms with van der Waals surface area (Å²) in [6.07, 6.45) is 7.07. The molecule has 0 saturated heterocycles. The van der Waals surface area contributed by atoms with Crippen molar-refractivity contribution in [3.8, 4) is 10.6 Å².